The molecule has 1 fully saturated rings. The average Bonchev–Trinajstić information content (AvgIpc) is 3.28. The van der Waals surface area contributed by atoms with Gasteiger partial charge in [-0.1, -0.05) is 29.3 Å². The summed E-state index contributed by atoms with van der Waals surface area (Å²) in [5.41, 5.74) is 0.927. The highest BCUT2D eigenvalue weighted by Crippen LogP contribution is 2.40. The van der Waals surface area contributed by atoms with Gasteiger partial charge in [0.15, 0.2) is 5.76 Å². The number of furan rings is 1. The lowest BCUT2D eigenvalue weighted by molar-refractivity contribution is -0.128. The molecule has 2 heterocycles. The van der Waals surface area contributed by atoms with Gasteiger partial charge in [0.25, 0.3) is 5.91 Å². The second-order valence-corrected chi connectivity index (χ2v) is 7.67. The third-order valence-electron chi connectivity index (χ3n) is 4.21. The molecule has 1 aliphatic rings. The Morgan fingerprint density at radius 2 is 2.15 bits per heavy atom. The minimum atomic E-state index is -0.178. The maximum absolute atomic E-state index is 12.4. The van der Waals surface area contributed by atoms with E-state index in [-0.39, 0.29) is 17.2 Å². The third-order valence-corrected chi connectivity index (χ3v) is 6.20. The van der Waals surface area contributed by atoms with Crippen molar-refractivity contribution in [3.8, 4) is 0 Å². The molecule has 1 aromatic heterocycles. The van der Waals surface area contributed by atoms with Crippen LogP contribution in [-0.4, -0.2) is 47.0 Å². The van der Waals surface area contributed by atoms with Gasteiger partial charge in [-0.05, 0) is 36.8 Å². The summed E-state index contributed by atoms with van der Waals surface area (Å²) in [5.74, 6) is 0.578. The summed E-state index contributed by atoms with van der Waals surface area (Å²) in [6.45, 7) is 3.31. The Morgan fingerprint density at radius 1 is 1.35 bits per heavy atom. The lowest BCUT2D eigenvalue weighted by Gasteiger charge is -2.28. The van der Waals surface area contributed by atoms with E-state index in [0.29, 0.717) is 41.2 Å². The Morgan fingerprint density at radius 3 is 2.81 bits per heavy atom. The van der Waals surface area contributed by atoms with Gasteiger partial charge >= 0.3 is 0 Å². The van der Waals surface area contributed by atoms with E-state index < -0.39 is 0 Å². The summed E-state index contributed by atoms with van der Waals surface area (Å²) in [4.78, 5) is 28.2. The summed E-state index contributed by atoms with van der Waals surface area (Å²) in [6.07, 6.45) is 1.47. The summed E-state index contributed by atoms with van der Waals surface area (Å²) < 4.78 is 5.18. The van der Waals surface area contributed by atoms with Crippen LogP contribution in [0.5, 0.6) is 0 Å². The quantitative estimate of drug-likeness (QED) is 0.708. The van der Waals surface area contributed by atoms with Gasteiger partial charge in [-0.15, -0.1) is 11.8 Å². The highest BCUT2D eigenvalue weighted by molar-refractivity contribution is 8.00. The molecule has 0 aliphatic carbocycles. The average molecular weight is 413 g/mol. The summed E-state index contributed by atoms with van der Waals surface area (Å²) in [5, 5.41) is 0.819. The molecule has 0 radical (unpaired) electrons. The fourth-order valence-corrected chi connectivity index (χ4v) is 4.34. The number of rotatable bonds is 6. The monoisotopic (exact) mass is 412 g/mol. The first-order valence-corrected chi connectivity index (χ1v) is 10.0. The van der Waals surface area contributed by atoms with Crippen molar-refractivity contribution in [2.45, 2.75) is 12.3 Å². The molecule has 0 N–H and O–H groups in total. The number of hydrogen-bond donors (Lipinski definition) is 0. The van der Waals surface area contributed by atoms with E-state index in [0.717, 1.165) is 5.56 Å². The van der Waals surface area contributed by atoms with E-state index in [4.69, 9.17) is 27.6 Å². The summed E-state index contributed by atoms with van der Waals surface area (Å²) in [6, 6.07) is 8.73. The zero-order chi connectivity index (χ0) is 18.7. The molecule has 0 saturated carbocycles. The second-order valence-electron chi connectivity index (χ2n) is 5.79. The zero-order valence-electron chi connectivity index (χ0n) is 14.2. The van der Waals surface area contributed by atoms with Crippen LogP contribution in [0, 0.1) is 0 Å². The second kappa shape index (κ2) is 8.37. The van der Waals surface area contributed by atoms with Gasteiger partial charge in [-0.3, -0.25) is 9.59 Å². The summed E-state index contributed by atoms with van der Waals surface area (Å²) >= 11 is 13.6. The molecule has 1 aromatic carbocycles. The largest absolute Gasteiger partial charge is 0.459 e. The normalized spacial score (nSPS) is 17.0. The van der Waals surface area contributed by atoms with Gasteiger partial charge in [-0.2, -0.15) is 0 Å². The number of nitrogens with zero attached hydrogens (tertiary/aromatic N) is 2. The third kappa shape index (κ3) is 4.03. The number of hydrogen-bond acceptors (Lipinski definition) is 4. The molecular formula is C18H18Cl2N2O3S. The van der Waals surface area contributed by atoms with Crippen LogP contribution in [0.15, 0.2) is 41.0 Å². The van der Waals surface area contributed by atoms with E-state index in [2.05, 4.69) is 0 Å². The van der Waals surface area contributed by atoms with E-state index in [1.54, 1.807) is 45.8 Å². The first kappa shape index (κ1) is 19.1. The molecule has 0 spiro atoms. The van der Waals surface area contributed by atoms with Crippen LogP contribution in [-0.2, 0) is 4.79 Å². The molecule has 0 bridgehead atoms. The fourth-order valence-electron chi connectivity index (χ4n) is 2.83. The topological polar surface area (TPSA) is 53.8 Å². The van der Waals surface area contributed by atoms with Crippen molar-refractivity contribution >= 4 is 46.8 Å². The van der Waals surface area contributed by atoms with Crippen molar-refractivity contribution < 1.29 is 14.0 Å². The summed E-state index contributed by atoms with van der Waals surface area (Å²) in [7, 11) is 0. The number of carbonyl (C=O) groups is 2. The van der Waals surface area contributed by atoms with Crippen LogP contribution >= 0.6 is 35.0 Å². The van der Waals surface area contributed by atoms with E-state index >= 15 is 0 Å². The first-order valence-electron chi connectivity index (χ1n) is 8.20. The molecule has 2 amide bonds. The fraction of sp³-hybridized carbons (Fsp3) is 0.333. The van der Waals surface area contributed by atoms with Gasteiger partial charge in [0.2, 0.25) is 5.91 Å². The van der Waals surface area contributed by atoms with Crippen molar-refractivity contribution in [2.24, 2.45) is 0 Å². The van der Waals surface area contributed by atoms with Crippen molar-refractivity contribution in [3.05, 3.63) is 58.0 Å². The van der Waals surface area contributed by atoms with Gasteiger partial charge < -0.3 is 14.2 Å². The number of benzene rings is 1. The minimum absolute atomic E-state index is 0.0487. The molecular weight excluding hydrogens is 395 g/mol. The number of halogens is 2. The maximum Gasteiger partial charge on any atom is 0.289 e. The molecule has 1 aliphatic heterocycles. The minimum Gasteiger partial charge on any atom is -0.459 e. The molecule has 2 aromatic rings. The van der Waals surface area contributed by atoms with Gasteiger partial charge in [0.05, 0.1) is 22.1 Å². The highest BCUT2D eigenvalue weighted by Gasteiger charge is 2.33. The van der Waals surface area contributed by atoms with Crippen molar-refractivity contribution in [1.82, 2.24) is 9.80 Å². The van der Waals surface area contributed by atoms with Gasteiger partial charge in [0, 0.05) is 19.6 Å². The van der Waals surface area contributed by atoms with Crippen LogP contribution in [0.1, 0.15) is 28.4 Å². The number of likely N-dealkylation sites (N-methyl/N-ethyl adjacent to an activating group) is 1. The molecule has 5 nitrogen and oxygen atoms in total. The molecule has 26 heavy (non-hydrogen) atoms. The Hall–Kier alpha value is -1.63. The van der Waals surface area contributed by atoms with Crippen LogP contribution in [0.2, 0.25) is 10.0 Å². The molecule has 1 atom stereocenters. The van der Waals surface area contributed by atoms with E-state index in [1.165, 1.54) is 6.26 Å². The van der Waals surface area contributed by atoms with Gasteiger partial charge in [0.1, 0.15) is 5.37 Å². The Balaban J connectivity index is 1.71. The number of amides is 2. The van der Waals surface area contributed by atoms with Crippen LogP contribution in [0.25, 0.3) is 0 Å². The Bertz CT molecular complexity index is 798. The molecule has 1 unspecified atom stereocenters. The van der Waals surface area contributed by atoms with E-state index in [9.17, 15) is 9.59 Å². The van der Waals surface area contributed by atoms with Crippen LogP contribution in [0.4, 0.5) is 0 Å². The molecule has 3 rings (SSSR count). The lowest BCUT2D eigenvalue weighted by atomic mass is 10.2. The van der Waals surface area contributed by atoms with Gasteiger partial charge in [-0.25, -0.2) is 0 Å². The zero-order valence-corrected chi connectivity index (χ0v) is 16.5. The predicted molar refractivity (Wildman–Crippen MR) is 104 cm³/mol. The SMILES string of the molecule is CCN(CCN1C(=O)CSC1c1ccc(Cl)c(Cl)c1)C(=O)c1ccco1. The lowest BCUT2D eigenvalue weighted by Crippen LogP contribution is -2.40. The van der Waals surface area contributed by atoms with Crippen molar-refractivity contribution in [2.75, 3.05) is 25.4 Å². The van der Waals surface area contributed by atoms with Crippen molar-refractivity contribution in [3.63, 3.8) is 0 Å². The predicted octanol–water partition coefficient (Wildman–Crippen LogP) is 4.32. The molecule has 8 heteroatoms. The van der Waals surface area contributed by atoms with Crippen molar-refractivity contribution in [1.29, 1.82) is 0 Å². The number of thioether (sulfide) groups is 1. The van der Waals surface area contributed by atoms with E-state index in [1.807, 2.05) is 13.0 Å². The standard InChI is InChI=1S/C18H18Cl2N2O3S/c1-2-21(17(24)15-4-3-9-25-15)7-8-22-16(23)11-26-18(22)12-5-6-13(19)14(20)10-12/h3-6,9-10,18H,2,7-8,11H2,1H3. The highest BCUT2D eigenvalue weighted by atomic mass is 35.5. The molecule has 138 valence electrons. The maximum atomic E-state index is 12.4. The molecule has 1 saturated heterocycles. The smallest absolute Gasteiger partial charge is 0.289 e. The van der Waals surface area contributed by atoms with Crippen LogP contribution in [0.3, 0.4) is 0 Å². The Labute approximate surface area is 166 Å². The number of carbonyl (C=O) groups excluding carboxylic acids is 2. The van der Waals surface area contributed by atoms with Crippen LogP contribution < -0.4 is 0 Å². The first-order chi connectivity index (χ1) is 12.5. The Kier molecular flexibility index (Phi) is 6.16.